The zero-order valence-corrected chi connectivity index (χ0v) is 11.0. The Balaban J connectivity index is 2.28. The number of nitrogens with two attached hydrogens (primary N) is 1. The van der Waals surface area contributed by atoms with E-state index in [0.717, 1.165) is 17.0 Å². The Hall–Kier alpha value is -1.81. The third-order valence-electron chi connectivity index (χ3n) is 3.02. The lowest BCUT2D eigenvalue weighted by atomic mass is 9.98. The highest BCUT2D eigenvalue weighted by atomic mass is 19.1. The van der Waals surface area contributed by atoms with Gasteiger partial charge < -0.3 is 5.73 Å². The van der Waals surface area contributed by atoms with Gasteiger partial charge in [0.05, 0.1) is 0 Å². The summed E-state index contributed by atoms with van der Waals surface area (Å²) in [5, 5.41) is 0. The van der Waals surface area contributed by atoms with Crippen molar-refractivity contribution in [2.75, 3.05) is 0 Å². The Bertz CT molecular complexity index is 556. The molecule has 100 valence electrons. The highest BCUT2D eigenvalue weighted by Gasteiger charge is 2.15. The summed E-state index contributed by atoms with van der Waals surface area (Å²) in [5.74, 6) is -1.11. The van der Waals surface area contributed by atoms with E-state index in [2.05, 4.69) is 4.98 Å². The van der Waals surface area contributed by atoms with Gasteiger partial charge in [0.2, 0.25) is 0 Å². The molecule has 0 aliphatic rings. The number of aryl methyl sites for hydroxylation is 2. The van der Waals surface area contributed by atoms with Crippen molar-refractivity contribution in [1.82, 2.24) is 4.98 Å². The molecule has 1 atom stereocenters. The van der Waals surface area contributed by atoms with Crippen LogP contribution in [0.15, 0.2) is 30.3 Å². The molecule has 0 saturated carbocycles. The zero-order chi connectivity index (χ0) is 14.0. The molecule has 0 aliphatic carbocycles. The predicted octanol–water partition coefficient (Wildman–Crippen LogP) is 3.22. The molecule has 0 fully saturated rings. The van der Waals surface area contributed by atoms with Gasteiger partial charge in [0, 0.05) is 23.0 Å². The fourth-order valence-corrected chi connectivity index (χ4v) is 2.15. The maximum atomic E-state index is 13.6. The molecule has 4 heteroatoms. The number of rotatable bonds is 3. The van der Waals surface area contributed by atoms with Crippen molar-refractivity contribution >= 4 is 0 Å². The fraction of sp³-hybridized carbons (Fsp3) is 0.267. The molecule has 2 nitrogen and oxygen atoms in total. The Labute approximate surface area is 111 Å². The quantitative estimate of drug-likeness (QED) is 0.922. The summed E-state index contributed by atoms with van der Waals surface area (Å²) in [6.07, 6.45) is 0.126. The van der Waals surface area contributed by atoms with Crippen molar-refractivity contribution in [2.24, 2.45) is 5.73 Å². The van der Waals surface area contributed by atoms with Crippen LogP contribution in [0, 0.1) is 25.5 Å². The van der Waals surface area contributed by atoms with Crippen molar-refractivity contribution in [1.29, 1.82) is 0 Å². The summed E-state index contributed by atoms with van der Waals surface area (Å²) >= 11 is 0. The first-order valence-corrected chi connectivity index (χ1v) is 6.11. The molecule has 0 aliphatic heterocycles. The van der Waals surface area contributed by atoms with Crippen LogP contribution in [0.25, 0.3) is 0 Å². The number of hydrogen-bond donors (Lipinski definition) is 1. The molecule has 0 radical (unpaired) electrons. The van der Waals surface area contributed by atoms with Crippen LogP contribution >= 0.6 is 0 Å². The van der Waals surface area contributed by atoms with Crippen LogP contribution in [0.3, 0.4) is 0 Å². The van der Waals surface area contributed by atoms with Crippen molar-refractivity contribution in [3.8, 4) is 0 Å². The molecule has 1 aromatic carbocycles. The van der Waals surface area contributed by atoms with Crippen LogP contribution < -0.4 is 5.73 Å². The fourth-order valence-electron chi connectivity index (χ4n) is 2.15. The largest absolute Gasteiger partial charge is 0.324 e. The van der Waals surface area contributed by atoms with Gasteiger partial charge in [-0.1, -0.05) is 6.07 Å². The Morgan fingerprint density at radius 3 is 2.16 bits per heavy atom. The van der Waals surface area contributed by atoms with Crippen LogP contribution in [0.4, 0.5) is 8.78 Å². The lowest BCUT2D eigenvalue weighted by Crippen LogP contribution is -2.16. The van der Waals surface area contributed by atoms with E-state index in [9.17, 15) is 8.78 Å². The summed E-state index contributed by atoms with van der Waals surface area (Å²) < 4.78 is 27.2. The van der Waals surface area contributed by atoms with Gasteiger partial charge in [-0.2, -0.15) is 0 Å². The molecule has 1 heterocycles. The topological polar surface area (TPSA) is 38.9 Å². The first kappa shape index (κ1) is 13.6. The number of hydrogen-bond acceptors (Lipinski definition) is 2. The number of aromatic nitrogens is 1. The summed E-state index contributed by atoms with van der Waals surface area (Å²) in [4.78, 5) is 4.26. The molecule has 0 bridgehead atoms. The lowest BCUT2D eigenvalue weighted by Gasteiger charge is -2.14. The molecule has 0 saturated heterocycles. The summed E-state index contributed by atoms with van der Waals surface area (Å²) in [5.41, 5.74) is 8.61. The lowest BCUT2D eigenvalue weighted by molar-refractivity contribution is 0.539. The van der Waals surface area contributed by atoms with E-state index in [-0.39, 0.29) is 12.0 Å². The van der Waals surface area contributed by atoms with Crippen LogP contribution in [0.5, 0.6) is 0 Å². The summed E-state index contributed by atoms with van der Waals surface area (Å²) in [6, 6.07) is 7.07. The van der Waals surface area contributed by atoms with Gasteiger partial charge in [0.15, 0.2) is 0 Å². The van der Waals surface area contributed by atoms with Gasteiger partial charge in [-0.25, -0.2) is 8.78 Å². The van der Waals surface area contributed by atoms with Crippen molar-refractivity contribution in [3.63, 3.8) is 0 Å². The standard InChI is InChI=1S/C15H16F2N2/c1-9-6-11(7-10(2)19-9)15(18)8-12-13(16)4-3-5-14(12)17/h3-7,15H,8,18H2,1-2H3. The average molecular weight is 262 g/mol. The number of nitrogens with zero attached hydrogens (tertiary/aromatic N) is 1. The van der Waals surface area contributed by atoms with Gasteiger partial charge >= 0.3 is 0 Å². The highest BCUT2D eigenvalue weighted by molar-refractivity contribution is 5.27. The second kappa shape index (κ2) is 5.45. The molecular weight excluding hydrogens is 246 g/mol. The minimum atomic E-state index is -0.557. The maximum Gasteiger partial charge on any atom is 0.129 e. The zero-order valence-electron chi connectivity index (χ0n) is 11.0. The number of benzene rings is 1. The van der Waals surface area contributed by atoms with Crippen LogP contribution in [-0.4, -0.2) is 4.98 Å². The number of halogens is 2. The van der Waals surface area contributed by atoms with Crippen LogP contribution in [0.1, 0.15) is 28.6 Å². The second-order valence-corrected chi connectivity index (χ2v) is 4.69. The first-order valence-electron chi connectivity index (χ1n) is 6.11. The summed E-state index contributed by atoms with van der Waals surface area (Å²) in [7, 11) is 0. The minimum Gasteiger partial charge on any atom is -0.324 e. The molecule has 0 amide bonds. The van der Waals surface area contributed by atoms with E-state index in [1.165, 1.54) is 18.2 Å². The second-order valence-electron chi connectivity index (χ2n) is 4.69. The van der Waals surface area contributed by atoms with E-state index in [1.54, 1.807) is 0 Å². The van der Waals surface area contributed by atoms with Crippen molar-refractivity contribution < 1.29 is 8.78 Å². The summed E-state index contributed by atoms with van der Waals surface area (Å²) in [6.45, 7) is 3.74. The smallest absolute Gasteiger partial charge is 0.129 e. The highest BCUT2D eigenvalue weighted by Crippen LogP contribution is 2.21. The van der Waals surface area contributed by atoms with Gasteiger partial charge in [0.1, 0.15) is 11.6 Å². The Morgan fingerprint density at radius 1 is 1.11 bits per heavy atom. The normalized spacial score (nSPS) is 12.5. The first-order chi connectivity index (χ1) is 8.97. The molecule has 2 N–H and O–H groups in total. The predicted molar refractivity (Wildman–Crippen MR) is 70.7 cm³/mol. The molecular formula is C15H16F2N2. The Morgan fingerprint density at radius 2 is 1.63 bits per heavy atom. The molecule has 0 spiro atoms. The molecule has 1 aromatic heterocycles. The minimum absolute atomic E-state index is 0.0297. The molecule has 19 heavy (non-hydrogen) atoms. The van der Waals surface area contributed by atoms with Gasteiger partial charge in [-0.3, -0.25) is 4.98 Å². The van der Waals surface area contributed by atoms with Gasteiger partial charge in [-0.15, -0.1) is 0 Å². The van der Waals surface area contributed by atoms with E-state index >= 15 is 0 Å². The third kappa shape index (κ3) is 3.15. The maximum absolute atomic E-state index is 13.6. The van der Waals surface area contributed by atoms with E-state index in [4.69, 9.17) is 5.73 Å². The van der Waals surface area contributed by atoms with Crippen molar-refractivity contribution in [3.05, 3.63) is 64.5 Å². The average Bonchev–Trinajstić information content (AvgIpc) is 2.32. The molecule has 1 unspecified atom stereocenters. The monoisotopic (exact) mass is 262 g/mol. The van der Waals surface area contributed by atoms with Gasteiger partial charge in [-0.05, 0) is 50.1 Å². The molecule has 2 aromatic rings. The van der Waals surface area contributed by atoms with Crippen LogP contribution in [-0.2, 0) is 6.42 Å². The van der Waals surface area contributed by atoms with E-state index in [0.29, 0.717) is 0 Å². The van der Waals surface area contributed by atoms with Crippen molar-refractivity contribution in [2.45, 2.75) is 26.3 Å². The third-order valence-corrected chi connectivity index (χ3v) is 3.02. The van der Waals surface area contributed by atoms with Gasteiger partial charge in [0.25, 0.3) is 0 Å². The SMILES string of the molecule is Cc1cc(C(N)Cc2c(F)cccc2F)cc(C)n1. The van der Waals surface area contributed by atoms with E-state index < -0.39 is 17.7 Å². The Kier molecular flexibility index (Phi) is 3.90. The molecule has 2 rings (SSSR count). The number of pyridine rings is 1. The van der Waals surface area contributed by atoms with E-state index in [1.807, 2.05) is 26.0 Å². The van der Waals surface area contributed by atoms with Crippen LogP contribution in [0.2, 0.25) is 0 Å².